The van der Waals surface area contributed by atoms with Crippen LogP contribution in [-0.2, 0) is 4.74 Å². The van der Waals surface area contributed by atoms with Gasteiger partial charge in [0, 0.05) is 30.7 Å². The average molecular weight is 383 g/mol. The zero-order valence-corrected chi connectivity index (χ0v) is 16.6. The topological polar surface area (TPSA) is 67.6 Å². The minimum atomic E-state index is -0.101. The predicted octanol–water partition coefficient (Wildman–Crippen LogP) is 3.41. The zero-order valence-electron chi connectivity index (χ0n) is 16.6. The lowest BCUT2D eigenvalue weighted by molar-refractivity contribution is -0.0361. The van der Waals surface area contributed by atoms with Gasteiger partial charge in [0.1, 0.15) is 17.0 Å². The van der Waals surface area contributed by atoms with Crippen LogP contribution < -0.4 is 5.32 Å². The van der Waals surface area contributed by atoms with Gasteiger partial charge in [-0.2, -0.15) is 0 Å². The molecule has 28 heavy (non-hydrogen) atoms. The predicted molar refractivity (Wildman–Crippen MR) is 107 cm³/mol. The van der Waals surface area contributed by atoms with E-state index in [4.69, 9.17) is 9.26 Å². The first-order chi connectivity index (χ1) is 13.7. The Kier molecular flexibility index (Phi) is 5.78. The Labute approximate surface area is 166 Å². The Hall–Kier alpha value is -2.18. The highest BCUT2D eigenvalue weighted by Crippen LogP contribution is 2.34. The van der Waals surface area contributed by atoms with E-state index in [-0.39, 0.29) is 11.4 Å². The second-order valence-corrected chi connectivity index (χ2v) is 7.90. The highest BCUT2D eigenvalue weighted by Gasteiger charge is 2.39. The van der Waals surface area contributed by atoms with E-state index in [1.165, 1.54) is 19.3 Å². The van der Waals surface area contributed by atoms with Crippen LogP contribution in [0.25, 0.3) is 11.3 Å². The summed E-state index contributed by atoms with van der Waals surface area (Å²) in [5.74, 6) is 0.455. The van der Waals surface area contributed by atoms with Gasteiger partial charge in [0.05, 0.1) is 13.2 Å². The lowest BCUT2D eigenvalue weighted by Gasteiger charge is -2.48. The van der Waals surface area contributed by atoms with Crippen molar-refractivity contribution in [1.82, 2.24) is 15.4 Å². The molecule has 2 fully saturated rings. The van der Waals surface area contributed by atoms with Crippen LogP contribution in [0, 0.1) is 6.92 Å². The van der Waals surface area contributed by atoms with Crippen LogP contribution >= 0.6 is 0 Å². The highest BCUT2D eigenvalue weighted by molar-refractivity contribution is 6.00. The molecule has 2 aliphatic rings. The molecule has 0 spiro atoms. The van der Waals surface area contributed by atoms with Crippen LogP contribution in [0.2, 0.25) is 0 Å². The summed E-state index contributed by atoms with van der Waals surface area (Å²) >= 11 is 0. The van der Waals surface area contributed by atoms with Crippen molar-refractivity contribution in [3.63, 3.8) is 0 Å². The molecule has 4 rings (SSSR count). The minimum Gasteiger partial charge on any atom is -0.379 e. The van der Waals surface area contributed by atoms with Gasteiger partial charge in [-0.1, -0.05) is 54.8 Å². The van der Waals surface area contributed by atoms with Crippen LogP contribution in [0.15, 0.2) is 34.9 Å². The van der Waals surface area contributed by atoms with Gasteiger partial charge in [-0.25, -0.2) is 0 Å². The SMILES string of the molecule is Cc1onc(-c2ccccc2)c1C(=O)NCC1(N2CCOCC2)CCCCC1. The molecule has 1 aromatic carbocycles. The average Bonchev–Trinajstić information content (AvgIpc) is 3.15. The molecule has 1 aromatic heterocycles. The van der Waals surface area contributed by atoms with Crippen LogP contribution in [0.5, 0.6) is 0 Å². The molecule has 150 valence electrons. The molecule has 0 atom stereocenters. The third-order valence-corrected chi connectivity index (χ3v) is 6.18. The van der Waals surface area contributed by atoms with Gasteiger partial charge in [-0.3, -0.25) is 9.69 Å². The normalized spacial score (nSPS) is 20.0. The molecule has 0 unspecified atom stereocenters. The molecule has 2 aromatic rings. The summed E-state index contributed by atoms with van der Waals surface area (Å²) in [6.45, 7) is 5.89. The molecule has 6 heteroatoms. The van der Waals surface area contributed by atoms with Gasteiger partial charge in [0.15, 0.2) is 0 Å². The van der Waals surface area contributed by atoms with E-state index in [1.807, 2.05) is 30.3 Å². The Morgan fingerprint density at radius 1 is 1.14 bits per heavy atom. The number of carbonyl (C=O) groups is 1. The number of benzene rings is 1. The summed E-state index contributed by atoms with van der Waals surface area (Å²) in [6, 6.07) is 9.73. The fraction of sp³-hybridized carbons (Fsp3) is 0.545. The fourth-order valence-corrected chi connectivity index (χ4v) is 4.62. The molecular weight excluding hydrogens is 354 g/mol. The molecule has 1 saturated heterocycles. The Bertz CT molecular complexity index is 791. The monoisotopic (exact) mass is 383 g/mol. The summed E-state index contributed by atoms with van der Waals surface area (Å²) in [6.07, 6.45) is 5.97. The number of ether oxygens (including phenoxy) is 1. The number of morpholine rings is 1. The van der Waals surface area contributed by atoms with Crippen LogP contribution in [0.3, 0.4) is 0 Å². The lowest BCUT2D eigenvalue weighted by Crippen LogP contribution is -2.59. The Balaban J connectivity index is 1.52. The van der Waals surface area contributed by atoms with Crippen molar-refractivity contribution < 1.29 is 14.1 Å². The number of nitrogens with zero attached hydrogens (tertiary/aromatic N) is 2. The van der Waals surface area contributed by atoms with Crippen molar-refractivity contribution in [2.75, 3.05) is 32.8 Å². The van der Waals surface area contributed by atoms with E-state index in [2.05, 4.69) is 15.4 Å². The van der Waals surface area contributed by atoms with E-state index in [1.54, 1.807) is 6.92 Å². The van der Waals surface area contributed by atoms with E-state index in [9.17, 15) is 4.79 Å². The molecule has 1 aliphatic heterocycles. The second-order valence-electron chi connectivity index (χ2n) is 7.90. The number of nitrogens with one attached hydrogen (secondary N) is 1. The number of aryl methyl sites for hydroxylation is 1. The molecule has 0 radical (unpaired) electrons. The first-order valence-electron chi connectivity index (χ1n) is 10.3. The maximum absolute atomic E-state index is 13.1. The first kappa shape index (κ1) is 19.2. The quantitative estimate of drug-likeness (QED) is 0.857. The van der Waals surface area contributed by atoms with Crippen molar-refractivity contribution in [3.8, 4) is 11.3 Å². The van der Waals surface area contributed by atoms with Gasteiger partial charge in [0.25, 0.3) is 5.91 Å². The summed E-state index contributed by atoms with van der Waals surface area (Å²) in [4.78, 5) is 15.7. The van der Waals surface area contributed by atoms with Crippen molar-refractivity contribution in [2.45, 2.75) is 44.6 Å². The minimum absolute atomic E-state index is 0.0374. The number of amides is 1. The maximum atomic E-state index is 13.1. The number of carbonyl (C=O) groups excluding carboxylic acids is 1. The van der Waals surface area contributed by atoms with E-state index in [0.29, 0.717) is 23.6 Å². The summed E-state index contributed by atoms with van der Waals surface area (Å²) in [5.41, 5.74) is 2.08. The van der Waals surface area contributed by atoms with Crippen molar-refractivity contribution in [2.24, 2.45) is 0 Å². The summed E-state index contributed by atoms with van der Waals surface area (Å²) in [7, 11) is 0. The van der Waals surface area contributed by atoms with E-state index >= 15 is 0 Å². The number of aromatic nitrogens is 1. The molecule has 0 bridgehead atoms. The first-order valence-corrected chi connectivity index (χ1v) is 10.3. The van der Waals surface area contributed by atoms with E-state index < -0.39 is 0 Å². The van der Waals surface area contributed by atoms with Gasteiger partial charge in [0.2, 0.25) is 0 Å². The largest absolute Gasteiger partial charge is 0.379 e. The van der Waals surface area contributed by atoms with Crippen LogP contribution in [0.1, 0.15) is 48.2 Å². The van der Waals surface area contributed by atoms with Gasteiger partial charge in [-0.05, 0) is 19.8 Å². The standard InChI is InChI=1S/C22H29N3O3/c1-17-19(20(24-28-17)18-8-4-2-5-9-18)21(26)23-16-22(10-6-3-7-11-22)25-12-14-27-15-13-25/h2,4-5,8-9H,3,6-7,10-16H2,1H3,(H,23,26). The number of rotatable bonds is 5. The molecule has 2 heterocycles. The molecule has 1 amide bonds. The lowest BCUT2D eigenvalue weighted by atomic mass is 9.79. The van der Waals surface area contributed by atoms with Gasteiger partial charge >= 0.3 is 0 Å². The Morgan fingerprint density at radius 3 is 2.57 bits per heavy atom. The molecule has 6 nitrogen and oxygen atoms in total. The smallest absolute Gasteiger partial charge is 0.257 e. The number of hydrogen-bond donors (Lipinski definition) is 1. The Morgan fingerprint density at radius 2 is 1.86 bits per heavy atom. The van der Waals surface area contributed by atoms with E-state index in [0.717, 1.165) is 44.7 Å². The fourth-order valence-electron chi connectivity index (χ4n) is 4.62. The second kappa shape index (κ2) is 8.45. The third kappa shape index (κ3) is 3.84. The van der Waals surface area contributed by atoms with Crippen LogP contribution in [0.4, 0.5) is 0 Å². The highest BCUT2D eigenvalue weighted by atomic mass is 16.5. The third-order valence-electron chi connectivity index (χ3n) is 6.18. The zero-order chi connectivity index (χ0) is 19.4. The van der Waals surface area contributed by atoms with Crippen molar-refractivity contribution in [1.29, 1.82) is 0 Å². The summed E-state index contributed by atoms with van der Waals surface area (Å²) < 4.78 is 10.9. The van der Waals surface area contributed by atoms with Gasteiger partial charge in [-0.15, -0.1) is 0 Å². The molecule has 1 N–H and O–H groups in total. The number of hydrogen-bond acceptors (Lipinski definition) is 5. The molecule has 1 aliphatic carbocycles. The van der Waals surface area contributed by atoms with Gasteiger partial charge < -0.3 is 14.6 Å². The van der Waals surface area contributed by atoms with Crippen LogP contribution in [-0.4, -0.2) is 54.4 Å². The summed E-state index contributed by atoms with van der Waals surface area (Å²) in [5, 5.41) is 7.37. The van der Waals surface area contributed by atoms with Crippen molar-refractivity contribution in [3.05, 3.63) is 41.7 Å². The maximum Gasteiger partial charge on any atom is 0.257 e. The van der Waals surface area contributed by atoms with Crippen molar-refractivity contribution >= 4 is 5.91 Å². The molecule has 1 saturated carbocycles. The molecular formula is C22H29N3O3.